The number of para-hydroxylation sites is 2. The number of hydrogen-bond donors (Lipinski definition) is 3. The number of hydrogen-bond acceptors (Lipinski definition) is 6. The van der Waals surface area contributed by atoms with Gasteiger partial charge in [0.2, 0.25) is 5.88 Å². The molecule has 0 saturated carbocycles. The van der Waals surface area contributed by atoms with E-state index in [1.807, 2.05) is 6.92 Å². The van der Waals surface area contributed by atoms with Crippen LogP contribution in [0.1, 0.15) is 6.92 Å². The summed E-state index contributed by atoms with van der Waals surface area (Å²) in [5.41, 5.74) is 6.88. The number of benzene rings is 1. The van der Waals surface area contributed by atoms with Gasteiger partial charge < -0.3 is 20.0 Å². The fourth-order valence-corrected chi connectivity index (χ4v) is 1.79. The number of anilines is 2. The second-order valence-corrected chi connectivity index (χ2v) is 4.04. The Hall–Kier alpha value is -2.90. The number of carboxylic acid groups (broad SMARTS) is 1. The van der Waals surface area contributed by atoms with Crippen molar-refractivity contribution in [3.05, 3.63) is 36.2 Å². The molecule has 8 heteroatoms. The van der Waals surface area contributed by atoms with E-state index in [9.17, 15) is 9.90 Å². The topological polar surface area (TPSA) is 101 Å². The number of amides is 1. The summed E-state index contributed by atoms with van der Waals surface area (Å²) < 4.78 is 5.43. The van der Waals surface area contributed by atoms with E-state index in [0.717, 1.165) is 0 Å². The van der Waals surface area contributed by atoms with E-state index in [4.69, 9.17) is 4.74 Å². The first kappa shape index (κ1) is 14.5. The number of ether oxygens (including phenoxy) is 1. The lowest BCUT2D eigenvalue weighted by atomic mass is 10.2. The predicted octanol–water partition coefficient (Wildman–Crippen LogP) is 0.177. The summed E-state index contributed by atoms with van der Waals surface area (Å²) in [5.74, 6) is 1.07. The fraction of sp³-hybridized carbons (Fsp3) is 0.231. The highest BCUT2D eigenvalue weighted by Crippen LogP contribution is 2.24. The average Bonchev–Trinajstić information content (AvgIpc) is 2.47. The highest BCUT2D eigenvalue weighted by Gasteiger charge is 2.18. The molecular formula is C13H16N5O3-. The van der Waals surface area contributed by atoms with Gasteiger partial charge in [-0.1, -0.05) is 12.1 Å². The molecule has 0 saturated heterocycles. The summed E-state index contributed by atoms with van der Waals surface area (Å²) in [4.78, 5) is 14.8. The molecule has 1 heterocycles. The van der Waals surface area contributed by atoms with Gasteiger partial charge in [0.25, 0.3) is 0 Å². The van der Waals surface area contributed by atoms with Gasteiger partial charge in [-0.05, 0) is 19.1 Å². The Morgan fingerprint density at radius 2 is 2.19 bits per heavy atom. The third-order valence-electron chi connectivity index (χ3n) is 2.64. The van der Waals surface area contributed by atoms with Gasteiger partial charge in [0.05, 0.1) is 12.3 Å². The summed E-state index contributed by atoms with van der Waals surface area (Å²) in [7, 11) is 1.64. The van der Waals surface area contributed by atoms with Crippen molar-refractivity contribution >= 4 is 23.3 Å². The minimum atomic E-state index is -1.38. The van der Waals surface area contributed by atoms with Crippen LogP contribution >= 0.6 is 0 Å². The van der Waals surface area contributed by atoms with Crippen molar-refractivity contribution in [2.24, 2.45) is 4.99 Å². The van der Waals surface area contributed by atoms with Crippen molar-refractivity contribution < 1.29 is 14.6 Å². The zero-order valence-corrected chi connectivity index (χ0v) is 11.7. The second kappa shape index (κ2) is 6.51. The molecule has 112 valence electrons. The van der Waals surface area contributed by atoms with Crippen molar-refractivity contribution in [3.8, 4) is 0 Å². The summed E-state index contributed by atoms with van der Waals surface area (Å²) in [6, 6.07) is 6.84. The van der Waals surface area contributed by atoms with Gasteiger partial charge in [0.1, 0.15) is 17.6 Å². The third kappa shape index (κ3) is 3.56. The molecule has 1 aliphatic rings. The maximum Gasteiger partial charge on any atom is 0.211 e. The molecule has 1 aliphatic heterocycles. The minimum Gasteiger partial charge on any atom is -0.530 e. The molecule has 3 N–H and O–H groups in total. The third-order valence-corrected chi connectivity index (χ3v) is 2.64. The smallest absolute Gasteiger partial charge is 0.211 e. The molecule has 8 nitrogen and oxygen atoms in total. The molecule has 0 aromatic heterocycles. The molecule has 0 spiro atoms. The SMILES string of the molecule is CCOC1=CC(=NC)NN(c2ccccc2NC(=O)[O-])N1. The maximum absolute atomic E-state index is 10.7. The summed E-state index contributed by atoms with van der Waals surface area (Å²) in [6.45, 7) is 2.35. The Balaban J connectivity index is 2.30. The highest BCUT2D eigenvalue weighted by atomic mass is 16.5. The Bertz CT molecular complexity index is 585. The van der Waals surface area contributed by atoms with Crippen LogP contribution in [0.4, 0.5) is 16.2 Å². The zero-order valence-electron chi connectivity index (χ0n) is 11.7. The molecule has 0 bridgehead atoms. The van der Waals surface area contributed by atoms with Gasteiger partial charge in [-0.25, -0.2) is 5.43 Å². The Morgan fingerprint density at radius 1 is 1.43 bits per heavy atom. The van der Waals surface area contributed by atoms with E-state index in [-0.39, 0.29) is 0 Å². The van der Waals surface area contributed by atoms with E-state index < -0.39 is 6.09 Å². The largest absolute Gasteiger partial charge is 0.530 e. The van der Waals surface area contributed by atoms with Crippen LogP contribution in [0.15, 0.2) is 41.2 Å². The number of nitrogens with zero attached hydrogens (tertiary/aromatic N) is 2. The second-order valence-electron chi connectivity index (χ2n) is 4.04. The van der Waals surface area contributed by atoms with Crippen molar-refractivity contribution in [2.75, 3.05) is 24.1 Å². The molecule has 0 atom stereocenters. The van der Waals surface area contributed by atoms with Crippen LogP contribution < -0.4 is 26.4 Å². The number of nitrogens with one attached hydrogen (secondary N) is 3. The monoisotopic (exact) mass is 290 g/mol. The quantitative estimate of drug-likeness (QED) is 0.731. The first-order valence-electron chi connectivity index (χ1n) is 6.35. The molecule has 0 unspecified atom stereocenters. The van der Waals surface area contributed by atoms with Gasteiger partial charge in [0.15, 0.2) is 0 Å². The van der Waals surface area contributed by atoms with Gasteiger partial charge in [-0.2, -0.15) is 5.12 Å². The number of amidine groups is 1. The van der Waals surface area contributed by atoms with E-state index >= 15 is 0 Å². The van der Waals surface area contributed by atoms with Gasteiger partial charge >= 0.3 is 0 Å². The standard InChI is InChI=1S/C13H17N5O3/c1-3-21-12-8-11(14-2)16-18(17-12)10-7-5-4-6-9(10)15-13(19)20/h4-8,15,17H,3H2,1-2H3,(H,14,16)(H,19,20)/p-1. The molecule has 1 amide bonds. The molecule has 21 heavy (non-hydrogen) atoms. The van der Waals surface area contributed by atoms with E-state index in [1.54, 1.807) is 37.4 Å². The maximum atomic E-state index is 10.7. The fourth-order valence-electron chi connectivity index (χ4n) is 1.79. The molecular weight excluding hydrogens is 274 g/mol. The number of carbonyl (C=O) groups is 1. The molecule has 0 fully saturated rings. The molecule has 0 radical (unpaired) electrons. The van der Waals surface area contributed by atoms with Crippen LogP contribution in [0.25, 0.3) is 0 Å². The van der Waals surface area contributed by atoms with Crippen molar-refractivity contribution in [1.29, 1.82) is 0 Å². The van der Waals surface area contributed by atoms with Crippen LogP contribution in [-0.2, 0) is 4.74 Å². The minimum absolute atomic E-state index is 0.366. The first-order valence-corrected chi connectivity index (χ1v) is 6.35. The molecule has 2 rings (SSSR count). The number of rotatable bonds is 4. The Labute approximate surface area is 122 Å². The normalized spacial score (nSPS) is 15.8. The summed E-state index contributed by atoms with van der Waals surface area (Å²) in [6.07, 6.45) is 0.318. The lowest BCUT2D eigenvalue weighted by Gasteiger charge is -2.33. The average molecular weight is 290 g/mol. The van der Waals surface area contributed by atoms with Crippen LogP contribution in [0.2, 0.25) is 0 Å². The first-order chi connectivity index (χ1) is 10.1. The van der Waals surface area contributed by atoms with Crippen molar-refractivity contribution in [3.63, 3.8) is 0 Å². The number of hydrazine groups is 2. The van der Waals surface area contributed by atoms with Gasteiger partial charge in [0, 0.05) is 13.1 Å². The lowest BCUT2D eigenvalue weighted by molar-refractivity contribution is -0.242. The van der Waals surface area contributed by atoms with Crippen molar-refractivity contribution in [2.45, 2.75) is 6.92 Å². The zero-order chi connectivity index (χ0) is 15.2. The van der Waals surface area contributed by atoms with E-state index in [1.165, 1.54) is 5.12 Å². The highest BCUT2D eigenvalue weighted by molar-refractivity contribution is 5.96. The summed E-state index contributed by atoms with van der Waals surface area (Å²) >= 11 is 0. The van der Waals surface area contributed by atoms with Crippen LogP contribution in [0.3, 0.4) is 0 Å². The van der Waals surface area contributed by atoms with Crippen LogP contribution in [0, 0.1) is 0 Å². The van der Waals surface area contributed by atoms with Crippen LogP contribution in [0.5, 0.6) is 0 Å². The molecule has 0 aliphatic carbocycles. The van der Waals surface area contributed by atoms with E-state index in [2.05, 4.69) is 21.2 Å². The van der Waals surface area contributed by atoms with Crippen LogP contribution in [-0.4, -0.2) is 25.6 Å². The van der Waals surface area contributed by atoms with E-state index in [0.29, 0.717) is 29.7 Å². The molecule has 1 aromatic rings. The van der Waals surface area contributed by atoms with Gasteiger partial charge in [-0.3, -0.25) is 10.4 Å². The Kier molecular flexibility index (Phi) is 4.50. The number of carbonyl (C=O) groups excluding carboxylic acids is 1. The van der Waals surface area contributed by atoms with Gasteiger partial charge in [-0.15, -0.1) is 0 Å². The number of aliphatic imine (C=N–C) groups is 1. The predicted molar refractivity (Wildman–Crippen MR) is 77.3 cm³/mol. The summed E-state index contributed by atoms with van der Waals surface area (Å²) in [5, 5.41) is 14.5. The lowest BCUT2D eigenvalue weighted by Crippen LogP contribution is -2.54. The van der Waals surface area contributed by atoms with Crippen molar-refractivity contribution in [1.82, 2.24) is 10.9 Å². The Morgan fingerprint density at radius 3 is 2.86 bits per heavy atom. The molecule has 1 aromatic carbocycles.